The minimum atomic E-state index is -3.16. The summed E-state index contributed by atoms with van der Waals surface area (Å²) in [4.78, 5) is 2.02. The molecule has 0 aromatic heterocycles. The maximum atomic E-state index is 11.6. The number of likely N-dealkylation sites (N-methyl/N-ethyl adjacent to an activating group) is 1. The molecule has 1 fully saturated rings. The Balaban J connectivity index is 1.94. The van der Waals surface area contributed by atoms with Crippen molar-refractivity contribution in [2.75, 3.05) is 52.7 Å². The first-order valence-corrected chi connectivity index (χ1v) is 8.08. The fourth-order valence-corrected chi connectivity index (χ4v) is 2.30. The van der Waals surface area contributed by atoms with Gasteiger partial charge in [0.25, 0.3) is 0 Å². The highest BCUT2D eigenvalue weighted by atomic mass is 32.2. The minimum Gasteiger partial charge on any atom is -0.379 e. The number of sulfonamides is 1. The maximum Gasteiger partial charge on any atom is 0.212 e. The van der Waals surface area contributed by atoms with Crippen molar-refractivity contribution in [1.82, 2.24) is 14.9 Å². The van der Waals surface area contributed by atoms with Gasteiger partial charge in [0.05, 0.1) is 19.0 Å². The molecule has 6 nitrogen and oxygen atoms in total. The van der Waals surface area contributed by atoms with Crippen LogP contribution in [0, 0.1) is 0 Å². The summed E-state index contributed by atoms with van der Waals surface area (Å²) in [7, 11) is 0.786. The van der Waals surface area contributed by atoms with Gasteiger partial charge in [-0.3, -0.25) is 0 Å². The van der Waals surface area contributed by atoms with E-state index in [1.165, 1.54) is 12.8 Å². The molecule has 1 aliphatic carbocycles. The molecule has 2 N–H and O–H groups in total. The average Bonchev–Trinajstić information content (AvgIpc) is 3.06. The van der Waals surface area contributed by atoms with Gasteiger partial charge in [0.15, 0.2) is 0 Å². The summed E-state index contributed by atoms with van der Waals surface area (Å²) in [6.07, 6.45) is 2.35. The maximum absolute atomic E-state index is 11.6. The van der Waals surface area contributed by atoms with Crippen LogP contribution in [0.2, 0.25) is 0 Å². The molecule has 0 bridgehead atoms. The van der Waals surface area contributed by atoms with E-state index in [-0.39, 0.29) is 5.75 Å². The van der Waals surface area contributed by atoms with Gasteiger partial charge in [0.1, 0.15) is 0 Å². The molecule has 1 rings (SSSR count). The van der Waals surface area contributed by atoms with Crippen molar-refractivity contribution in [2.45, 2.75) is 18.9 Å². The molecule has 0 atom stereocenters. The summed E-state index contributed by atoms with van der Waals surface area (Å²) < 4.78 is 31.0. The van der Waals surface area contributed by atoms with Gasteiger partial charge >= 0.3 is 0 Å². The van der Waals surface area contributed by atoms with Crippen molar-refractivity contribution in [3.8, 4) is 0 Å². The van der Waals surface area contributed by atoms with Crippen molar-refractivity contribution in [2.24, 2.45) is 0 Å². The Labute approximate surface area is 110 Å². The fourth-order valence-electron chi connectivity index (χ4n) is 1.38. The Morgan fingerprint density at radius 2 is 1.94 bits per heavy atom. The molecule has 0 unspecified atom stereocenters. The minimum absolute atomic E-state index is 0.140. The number of nitrogens with one attached hydrogen (secondary N) is 2. The first kappa shape index (κ1) is 15.8. The summed E-state index contributed by atoms with van der Waals surface area (Å²) >= 11 is 0. The van der Waals surface area contributed by atoms with E-state index < -0.39 is 10.0 Å². The molecule has 1 saturated carbocycles. The molecule has 0 aliphatic heterocycles. The van der Waals surface area contributed by atoms with Crippen LogP contribution in [-0.2, 0) is 14.8 Å². The third kappa shape index (κ3) is 8.82. The van der Waals surface area contributed by atoms with Gasteiger partial charge in [-0.05, 0) is 26.9 Å². The highest BCUT2D eigenvalue weighted by Gasteiger charge is 2.20. The van der Waals surface area contributed by atoms with Crippen molar-refractivity contribution >= 4 is 10.0 Å². The van der Waals surface area contributed by atoms with Gasteiger partial charge < -0.3 is 15.0 Å². The van der Waals surface area contributed by atoms with Crippen LogP contribution in [0.25, 0.3) is 0 Å². The summed E-state index contributed by atoms with van der Waals surface area (Å²) in [5.41, 5.74) is 0. The van der Waals surface area contributed by atoms with E-state index in [2.05, 4.69) is 10.0 Å². The molecule has 7 heteroatoms. The van der Waals surface area contributed by atoms with Crippen LogP contribution in [0.4, 0.5) is 0 Å². The van der Waals surface area contributed by atoms with E-state index in [0.29, 0.717) is 32.3 Å². The van der Waals surface area contributed by atoms with Crippen LogP contribution in [-0.4, -0.2) is 72.1 Å². The zero-order chi connectivity index (χ0) is 13.4. The van der Waals surface area contributed by atoms with E-state index in [9.17, 15) is 8.42 Å². The topological polar surface area (TPSA) is 70.7 Å². The van der Waals surface area contributed by atoms with E-state index in [1.54, 1.807) is 0 Å². The van der Waals surface area contributed by atoms with Crippen LogP contribution >= 0.6 is 0 Å². The average molecular weight is 279 g/mol. The molecule has 0 aromatic carbocycles. The molecule has 0 spiro atoms. The molecule has 0 radical (unpaired) electrons. The monoisotopic (exact) mass is 279 g/mol. The SMILES string of the molecule is CN(C)CCOCCNS(=O)(=O)CCNC1CC1. The van der Waals surface area contributed by atoms with Crippen molar-refractivity contribution in [3.05, 3.63) is 0 Å². The third-order valence-corrected chi connectivity index (χ3v) is 4.02. The number of nitrogens with zero attached hydrogens (tertiary/aromatic N) is 1. The lowest BCUT2D eigenvalue weighted by Crippen LogP contribution is -2.34. The second-order valence-corrected chi connectivity index (χ2v) is 6.78. The second-order valence-electron chi connectivity index (χ2n) is 4.86. The summed E-state index contributed by atoms with van der Waals surface area (Å²) in [6.45, 7) is 2.76. The number of hydrogen-bond acceptors (Lipinski definition) is 5. The Bertz CT molecular complexity index is 315. The normalized spacial score (nSPS) is 16.4. The van der Waals surface area contributed by atoms with Gasteiger partial charge in [0.2, 0.25) is 10.0 Å². The van der Waals surface area contributed by atoms with Crippen molar-refractivity contribution in [3.63, 3.8) is 0 Å². The molecule has 108 valence electrons. The molecule has 0 saturated heterocycles. The Hall–Kier alpha value is -0.210. The number of hydrogen-bond donors (Lipinski definition) is 2. The zero-order valence-corrected chi connectivity index (χ0v) is 12.1. The fraction of sp³-hybridized carbons (Fsp3) is 1.00. The Morgan fingerprint density at radius 3 is 2.56 bits per heavy atom. The number of ether oxygens (including phenoxy) is 1. The quantitative estimate of drug-likeness (QED) is 0.486. The van der Waals surface area contributed by atoms with Crippen LogP contribution in [0.5, 0.6) is 0 Å². The van der Waals surface area contributed by atoms with Gasteiger partial charge in [0, 0.05) is 25.7 Å². The number of rotatable bonds is 11. The first-order valence-electron chi connectivity index (χ1n) is 6.43. The largest absolute Gasteiger partial charge is 0.379 e. The molecule has 0 amide bonds. The van der Waals surface area contributed by atoms with Gasteiger partial charge in [-0.25, -0.2) is 13.1 Å². The van der Waals surface area contributed by atoms with E-state index in [4.69, 9.17) is 4.74 Å². The Kier molecular flexibility index (Phi) is 7.10. The highest BCUT2D eigenvalue weighted by Crippen LogP contribution is 2.17. The summed E-state index contributed by atoms with van der Waals surface area (Å²) in [6, 6.07) is 0.551. The van der Waals surface area contributed by atoms with Crippen LogP contribution in [0.1, 0.15) is 12.8 Å². The molecular formula is C11H25N3O3S. The van der Waals surface area contributed by atoms with Crippen molar-refractivity contribution in [1.29, 1.82) is 0 Å². The predicted octanol–water partition coefficient (Wildman–Crippen LogP) is -0.764. The zero-order valence-electron chi connectivity index (χ0n) is 11.3. The smallest absolute Gasteiger partial charge is 0.212 e. The van der Waals surface area contributed by atoms with Crippen LogP contribution < -0.4 is 10.0 Å². The first-order chi connectivity index (χ1) is 8.49. The lowest BCUT2D eigenvalue weighted by molar-refractivity contribution is 0.122. The van der Waals surface area contributed by atoms with Crippen LogP contribution in [0.3, 0.4) is 0 Å². The van der Waals surface area contributed by atoms with Gasteiger partial charge in [-0.15, -0.1) is 0 Å². The molecule has 18 heavy (non-hydrogen) atoms. The second kappa shape index (κ2) is 8.06. The lowest BCUT2D eigenvalue weighted by Gasteiger charge is -2.10. The summed E-state index contributed by atoms with van der Waals surface area (Å²) in [5.74, 6) is 0.140. The molecule has 0 heterocycles. The molecular weight excluding hydrogens is 254 g/mol. The lowest BCUT2D eigenvalue weighted by atomic mass is 10.6. The molecule has 0 aromatic rings. The third-order valence-electron chi connectivity index (χ3n) is 2.63. The van der Waals surface area contributed by atoms with Gasteiger partial charge in [-0.1, -0.05) is 0 Å². The standard InChI is InChI=1S/C11H25N3O3S/c1-14(2)7-9-17-8-5-13-18(15,16)10-6-12-11-3-4-11/h11-13H,3-10H2,1-2H3. The summed E-state index contributed by atoms with van der Waals surface area (Å²) in [5, 5.41) is 3.18. The predicted molar refractivity (Wildman–Crippen MR) is 72.2 cm³/mol. The van der Waals surface area contributed by atoms with Crippen LogP contribution in [0.15, 0.2) is 0 Å². The molecule has 1 aliphatic rings. The van der Waals surface area contributed by atoms with E-state index >= 15 is 0 Å². The van der Waals surface area contributed by atoms with E-state index in [1.807, 2.05) is 19.0 Å². The van der Waals surface area contributed by atoms with Gasteiger partial charge in [-0.2, -0.15) is 0 Å². The highest BCUT2D eigenvalue weighted by molar-refractivity contribution is 7.89. The Morgan fingerprint density at radius 1 is 1.22 bits per heavy atom. The van der Waals surface area contributed by atoms with Crippen molar-refractivity contribution < 1.29 is 13.2 Å². The van der Waals surface area contributed by atoms with E-state index in [0.717, 1.165) is 6.54 Å².